The van der Waals surface area contributed by atoms with E-state index in [4.69, 9.17) is 0 Å². The first-order valence-electron chi connectivity index (χ1n) is 7.56. The fourth-order valence-electron chi connectivity index (χ4n) is 2.59. The normalized spacial score (nSPS) is 17.6. The number of carbonyl (C=O) groups excluding carboxylic acids is 1. The average molecular weight is 333 g/mol. The van der Waals surface area contributed by atoms with E-state index < -0.39 is 11.6 Å². The summed E-state index contributed by atoms with van der Waals surface area (Å²) < 4.78 is 25.8. The van der Waals surface area contributed by atoms with Gasteiger partial charge in [-0.1, -0.05) is 6.07 Å². The van der Waals surface area contributed by atoms with Crippen molar-refractivity contribution in [2.24, 2.45) is 5.92 Å². The molecule has 2 rings (SSSR count). The maximum Gasteiger partial charge on any atom is 0.220 e. The van der Waals surface area contributed by atoms with Gasteiger partial charge in [-0.05, 0) is 62.4 Å². The average Bonchev–Trinajstić information content (AvgIpc) is 2.50. The lowest BCUT2D eigenvalue weighted by molar-refractivity contribution is -0.121. The van der Waals surface area contributed by atoms with Crippen molar-refractivity contribution in [1.29, 1.82) is 0 Å². The Morgan fingerprint density at radius 3 is 2.82 bits per heavy atom. The Morgan fingerprint density at radius 2 is 2.14 bits per heavy atom. The molecule has 0 spiro atoms. The van der Waals surface area contributed by atoms with Gasteiger partial charge >= 0.3 is 0 Å². The molecule has 0 bridgehead atoms. The molecule has 1 aromatic rings. The Labute approximate surface area is 136 Å². The Bertz CT molecular complexity index is 479. The molecule has 22 heavy (non-hydrogen) atoms. The number of aryl methyl sites for hydroxylation is 1. The van der Waals surface area contributed by atoms with E-state index in [1.54, 1.807) is 6.07 Å². The summed E-state index contributed by atoms with van der Waals surface area (Å²) in [5.41, 5.74) is 0.721. The van der Waals surface area contributed by atoms with Gasteiger partial charge in [0, 0.05) is 13.0 Å². The van der Waals surface area contributed by atoms with Crippen LogP contribution in [0.2, 0.25) is 0 Å². The molecular formula is C16H23ClF2N2O. The molecule has 1 aromatic carbocycles. The van der Waals surface area contributed by atoms with E-state index in [-0.39, 0.29) is 18.3 Å². The van der Waals surface area contributed by atoms with E-state index >= 15 is 0 Å². The first-order chi connectivity index (χ1) is 10.1. The molecule has 2 N–H and O–H groups in total. The summed E-state index contributed by atoms with van der Waals surface area (Å²) in [5.74, 6) is -1.11. The van der Waals surface area contributed by atoms with E-state index in [9.17, 15) is 13.6 Å². The number of carbonyl (C=O) groups is 1. The maximum absolute atomic E-state index is 13.0. The molecule has 1 saturated heterocycles. The van der Waals surface area contributed by atoms with Crippen LogP contribution >= 0.6 is 12.4 Å². The van der Waals surface area contributed by atoms with Gasteiger partial charge in [-0.15, -0.1) is 12.4 Å². The van der Waals surface area contributed by atoms with Gasteiger partial charge in [-0.2, -0.15) is 0 Å². The number of hydrogen-bond acceptors (Lipinski definition) is 2. The Hall–Kier alpha value is -1.20. The Kier molecular flexibility index (Phi) is 8.35. The number of benzene rings is 1. The minimum Gasteiger partial charge on any atom is -0.356 e. The van der Waals surface area contributed by atoms with Crippen LogP contribution < -0.4 is 10.6 Å². The monoisotopic (exact) mass is 332 g/mol. The molecule has 1 unspecified atom stereocenters. The molecule has 0 radical (unpaired) electrons. The summed E-state index contributed by atoms with van der Waals surface area (Å²) in [7, 11) is 0. The minimum absolute atomic E-state index is 0. The molecular weight excluding hydrogens is 310 g/mol. The zero-order chi connectivity index (χ0) is 15.1. The second-order valence-electron chi connectivity index (χ2n) is 5.62. The van der Waals surface area contributed by atoms with Crippen LogP contribution in [-0.2, 0) is 11.2 Å². The number of piperidine rings is 1. The number of rotatable bonds is 6. The molecule has 3 nitrogen and oxygen atoms in total. The van der Waals surface area contributed by atoms with Crippen LogP contribution in [0.15, 0.2) is 18.2 Å². The lowest BCUT2D eigenvalue weighted by atomic mass is 10.00. The summed E-state index contributed by atoms with van der Waals surface area (Å²) in [6.07, 6.45) is 3.95. The molecule has 124 valence electrons. The van der Waals surface area contributed by atoms with Crippen molar-refractivity contribution in [1.82, 2.24) is 10.6 Å². The standard InChI is InChI=1S/C16H22F2N2O.ClH/c17-14-7-6-12(9-15(14)18)3-1-5-16(21)20-11-13-4-2-8-19-10-13;/h6-7,9,13,19H,1-5,8,10-11H2,(H,20,21);1H. The van der Waals surface area contributed by atoms with Gasteiger partial charge in [0.2, 0.25) is 5.91 Å². The molecule has 1 atom stereocenters. The van der Waals surface area contributed by atoms with Gasteiger partial charge in [-0.3, -0.25) is 4.79 Å². The topological polar surface area (TPSA) is 41.1 Å². The first-order valence-corrected chi connectivity index (χ1v) is 7.56. The van der Waals surface area contributed by atoms with E-state index in [2.05, 4.69) is 10.6 Å². The van der Waals surface area contributed by atoms with Crippen molar-refractivity contribution in [2.75, 3.05) is 19.6 Å². The zero-order valence-electron chi connectivity index (χ0n) is 12.5. The lowest BCUT2D eigenvalue weighted by Gasteiger charge is -2.22. The first kappa shape index (κ1) is 18.8. The van der Waals surface area contributed by atoms with Crippen LogP contribution in [-0.4, -0.2) is 25.5 Å². The van der Waals surface area contributed by atoms with Gasteiger partial charge in [0.1, 0.15) is 0 Å². The second-order valence-corrected chi connectivity index (χ2v) is 5.62. The highest BCUT2D eigenvalue weighted by molar-refractivity contribution is 5.85. The van der Waals surface area contributed by atoms with Crippen LogP contribution in [0.1, 0.15) is 31.2 Å². The molecule has 1 amide bonds. The molecule has 1 heterocycles. The van der Waals surface area contributed by atoms with Gasteiger partial charge in [0.15, 0.2) is 11.6 Å². The molecule has 1 aliphatic heterocycles. The highest BCUT2D eigenvalue weighted by atomic mass is 35.5. The summed E-state index contributed by atoms with van der Waals surface area (Å²) >= 11 is 0. The van der Waals surface area contributed by atoms with E-state index in [1.165, 1.54) is 6.07 Å². The van der Waals surface area contributed by atoms with Crippen molar-refractivity contribution < 1.29 is 13.6 Å². The third-order valence-corrected chi connectivity index (χ3v) is 3.84. The molecule has 0 saturated carbocycles. The molecule has 0 aliphatic carbocycles. The van der Waals surface area contributed by atoms with Gasteiger partial charge < -0.3 is 10.6 Å². The van der Waals surface area contributed by atoms with Gasteiger partial charge in [0.25, 0.3) is 0 Å². The third kappa shape index (κ3) is 6.28. The largest absolute Gasteiger partial charge is 0.356 e. The Morgan fingerprint density at radius 1 is 1.32 bits per heavy atom. The van der Waals surface area contributed by atoms with Crippen molar-refractivity contribution in [2.45, 2.75) is 32.1 Å². The van der Waals surface area contributed by atoms with Crippen molar-refractivity contribution >= 4 is 18.3 Å². The van der Waals surface area contributed by atoms with Crippen LogP contribution in [0, 0.1) is 17.6 Å². The van der Waals surface area contributed by atoms with Gasteiger partial charge in [0.05, 0.1) is 0 Å². The van der Waals surface area contributed by atoms with E-state index in [1.807, 2.05) is 0 Å². The fourth-order valence-corrected chi connectivity index (χ4v) is 2.59. The lowest BCUT2D eigenvalue weighted by Crippen LogP contribution is -2.38. The fraction of sp³-hybridized carbons (Fsp3) is 0.562. The van der Waals surface area contributed by atoms with Crippen LogP contribution in [0.25, 0.3) is 0 Å². The predicted octanol–water partition coefficient (Wildman–Crippen LogP) is 2.83. The Balaban J connectivity index is 0.00000242. The van der Waals surface area contributed by atoms with Crippen molar-refractivity contribution in [3.05, 3.63) is 35.4 Å². The summed E-state index contributed by atoms with van der Waals surface area (Å²) in [6, 6.07) is 3.88. The van der Waals surface area contributed by atoms with E-state index in [0.717, 1.165) is 44.1 Å². The zero-order valence-corrected chi connectivity index (χ0v) is 13.4. The highest BCUT2D eigenvalue weighted by Crippen LogP contribution is 2.11. The van der Waals surface area contributed by atoms with Crippen LogP contribution in [0.4, 0.5) is 8.78 Å². The van der Waals surface area contributed by atoms with E-state index in [0.29, 0.717) is 25.2 Å². The minimum atomic E-state index is -0.836. The number of amides is 1. The molecule has 1 aliphatic rings. The summed E-state index contributed by atoms with van der Waals surface area (Å²) in [4.78, 5) is 11.7. The van der Waals surface area contributed by atoms with Crippen LogP contribution in [0.3, 0.4) is 0 Å². The maximum atomic E-state index is 13.0. The number of nitrogens with one attached hydrogen (secondary N) is 2. The highest BCUT2D eigenvalue weighted by Gasteiger charge is 2.13. The quantitative estimate of drug-likeness (QED) is 0.841. The third-order valence-electron chi connectivity index (χ3n) is 3.84. The van der Waals surface area contributed by atoms with Crippen molar-refractivity contribution in [3.63, 3.8) is 0 Å². The number of hydrogen-bond donors (Lipinski definition) is 2. The summed E-state index contributed by atoms with van der Waals surface area (Å²) in [5, 5.41) is 6.26. The number of halogens is 3. The van der Waals surface area contributed by atoms with Crippen LogP contribution in [0.5, 0.6) is 0 Å². The molecule has 0 aromatic heterocycles. The van der Waals surface area contributed by atoms with Crippen molar-refractivity contribution in [3.8, 4) is 0 Å². The molecule has 6 heteroatoms. The molecule has 1 fully saturated rings. The summed E-state index contributed by atoms with van der Waals surface area (Å²) in [6.45, 7) is 2.75. The smallest absolute Gasteiger partial charge is 0.220 e. The SMILES string of the molecule is Cl.O=C(CCCc1ccc(F)c(F)c1)NCC1CCCNC1. The second kappa shape index (κ2) is 9.74. The predicted molar refractivity (Wildman–Crippen MR) is 85.1 cm³/mol. The van der Waals surface area contributed by atoms with Gasteiger partial charge in [-0.25, -0.2) is 8.78 Å².